The van der Waals surface area contributed by atoms with E-state index >= 15 is 0 Å². The molecule has 0 atom stereocenters. The second kappa shape index (κ2) is 7.40. The maximum atomic E-state index is 13.5. The summed E-state index contributed by atoms with van der Waals surface area (Å²) in [6.45, 7) is 2.92. The summed E-state index contributed by atoms with van der Waals surface area (Å²) in [7, 11) is 2.31. The molecule has 1 aromatic carbocycles. The van der Waals surface area contributed by atoms with Gasteiger partial charge in [0.1, 0.15) is 10.7 Å². The number of halogens is 3. The smallest absolute Gasteiger partial charge is 0.264 e. The predicted molar refractivity (Wildman–Crippen MR) is 77.9 cm³/mol. The van der Waals surface area contributed by atoms with E-state index in [0.717, 1.165) is 12.1 Å². The zero-order valence-electron chi connectivity index (χ0n) is 11.4. The van der Waals surface area contributed by atoms with Crippen LogP contribution in [-0.4, -0.2) is 46.0 Å². The van der Waals surface area contributed by atoms with Crippen LogP contribution in [0.1, 0.15) is 17.3 Å². The van der Waals surface area contributed by atoms with Gasteiger partial charge in [-0.05, 0) is 19.1 Å². The fourth-order valence-electron chi connectivity index (χ4n) is 1.53. The van der Waals surface area contributed by atoms with Crippen LogP contribution in [-0.2, 0) is 13.8 Å². The molecule has 9 heteroatoms. The van der Waals surface area contributed by atoms with Crippen LogP contribution in [0.15, 0.2) is 17.0 Å². The van der Waals surface area contributed by atoms with Gasteiger partial charge in [-0.1, -0.05) is 11.6 Å². The average Bonchev–Trinajstić information content (AvgIpc) is 2.36. The van der Waals surface area contributed by atoms with E-state index in [0.29, 0.717) is 13.2 Å². The fraction of sp³-hybridized carbons (Fsp3) is 0.417. The minimum Gasteiger partial charge on any atom is -0.380 e. The Balaban J connectivity index is 3.10. The van der Waals surface area contributed by atoms with E-state index in [2.05, 4.69) is 0 Å². The number of hydrogen-bond acceptors (Lipinski definition) is 4. The van der Waals surface area contributed by atoms with Crippen LogP contribution < -0.4 is 0 Å². The number of hydrogen-bond donors (Lipinski definition) is 0. The van der Waals surface area contributed by atoms with Crippen molar-refractivity contribution in [3.63, 3.8) is 0 Å². The molecule has 0 spiro atoms. The topological polar surface area (TPSA) is 63.7 Å². The van der Waals surface area contributed by atoms with Crippen LogP contribution in [0.5, 0.6) is 0 Å². The lowest BCUT2D eigenvalue weighted by Crippen LogP contribution is -2.30. The Labute approximate surface area is 132 Å². The molecule has 21 heavy (non-hydrogen) atoms. The van der Waals surface area contributed by atoms with Crippen LogP contribution in [0.2, 0.25) is 5.02 Å². The van der Waals surface area contributed by atoms with Crippen LogP contribution in [0.3, 0.4) is 0 Å². The first-order valence-corrected chi connectivity index (χ1v) is 8.64. The minimum absolute atomic E-state index is 0.142. The van der Waals surface area contributed by atoms with Crippen molar-refractivity contribution >= 4 is 37.2 Å². The highest BCUT2D eigenvalue weighted by Gasteiger charge is 2.23. The Morgan fingerprint density at radius 3 is 2.57 bits per heavy atom. The molecule has 0 heterocycles. The van der Waals surface area contributed by atoms with Gasteiger partial charge in [0.25, 0.3) is 15.0 Å². The van der Waals surface area contributed by atoms with Gasteiger partial charge in [-0.25, -0.2) is 12.8 Å². The summed E-state index contributed by atoms with van der Waals surface area (Å²) in [6.07, 6.45) is 0. The van der Waals surface area contributed by atoms with E-state index < -0.39 is 25.7 Å². The monoisotopic (exact) mass is 357 g/mol. The second-order valence-corrected chi connectivity index (χ2v) is 7.07. The summed E-state index contributed by atoms with van der Waals surface area (Å²) >= 11 is 5.80. The molecule has 0 saturated heterocycles. The minimum atomic E-state index is -4.31. The lowest BCUT2D eigenvalue weighted by atomic mass is 10.2. The van der Waals surface area contributed by atoms with Gasteiger partial charge in [0.2, 0.25) is 0 Å². The van der Waals surface area contributed by atoms with Gasteiger partial charge in [-0.3, -0.25) is 4.79 Å². The first-order valence-electron chi connectivity index (χ1n) is 5.95. The molecule has 0 fully saturated rings. The van der Waals surface area contributed by atoms with E-state index in [1.807, 2.05) is 6.92 Å². The summed E-state index contributed by atoms with van der Waals surface area (Å²) in [5, 5.41) is -0.190. The van der Waals surface area contributed by atoms with Crippen molar-refractivity contribution in [1.29, 1.82) is 0 Å². The third-order valence-corrected chi connectivity index (χ3v) is 4.29. The molecule has 0 unspecified atom stereocenters. The van der Waals surface area contributed by atoms with Crippen molar-refractivity contribution in [3.05, 3.63) is 28.5 Å². The van der Waals surface area contributed by atoms with E-state index in [-0.39, 0.29) is 17.1 Å². The number of carbonyl (C=O) groups excluding carboxylic acids is 1. The summed E-state index contributed by atoms with van der Waals surface area (Å²) in [5.74, 6) is -1.66. The SMILES string of the molecule is CCOCCN(C)C(=O)c1cc(S(=O)(=O)Cl)c(F)cc1Cl. The number of likely N-dealkylation sites (N-methyl/N-ethyl adjacent to an activating group) is 1. The maximum absolute atomic E-state index is 13.5. The molecule has 1 amide bonds. The fourth-order valence-corrected chi connectivity index (χ4v) is 2.67. The van der Waals surface area contributed by atoms with Gasteiger partial charge in [0, 0.05) is 30.9 Å². The standard InChI is InChI=1S/C12H14Cl2FNO4S/c1-3-20-5-4-16(2)12(17)8-6-11(21(14,18)19)10(15)7-9(8)13/h6-7H,3-5H2,1-2H3. The van der Waals surface area contributed by atoms with E-state index in [1.54, 1.807) is 0 Å². The van der Waals surface area contributed by atoms with Crippen molar-refractivity contribution in [1.82, 2.24) is 4.90 Å². The van der Waals surface area contributed by atoms with Crippen LogP contribution in [0.25, 0.3) is 0 Å². The Kier molecular flexibility index (Phi) is 6.40. The normalized spacial score (nSPS) is 11.5. The summed E-state index contributed by atoms with van der Waals surface area (Å²) < 4.78 is 41.2. The van der Waals surface area contributed by atoms with Crippen molar-refractivity contribution < 1.29 is 22.3 Å². The summed E-state index contributed by atoms with van der Waals surface area (Å²) in [5.41, 5.74) is -0.142. The van der Waals surface area contributed by atoms with Gasteiger partial charge in [-0.15, -0.1) is 0 Å². The zero-order valence-corrected chi connectivity index (χ0v) is 13.7. The molecular formula is C12H14Cl2FNO4S. The molecule has 118 valence electrons. The summed E-state index contributed by atoms with van der Waals surface area (Å²) in [4.78, 5) is 12.7. The van der Waals surface area contributed by atoms with Crippen molar-refractivity contribution in [2.24, 2.45) is 0 Å². The second-order valence-electron chi connectivity index (χ2n) is 4.12. The predicted octanol–water partition coefficient (Wildman–Crippen LogP) is 2.52. The molecule has 0 aliphatic carbocycles. The molecule has 0 aliphatic rings. The van der Waals surface area contributed by atoms with Crippen molar-refractivity contribution in [2.45, 2.75) is 11.8 Å². The van der Waals surface area contributed by atoms with Gasteiger partial charge < -0.3 is 9.64 Å². The highest BCUT2D eigenvalue weighted by Crippen LogP contribution is 2.27. The zero-order chi connectivity index (χ0) is 16.2. The lowest BCUT2D eigenvalue weighted by molar-refractivity contribution is 0.0710. The molecule has 1 aromatic rings. The Morgan fingerprint density at radius 2 is 2.05 bits per heavy atom. The Morgan fingerprint density at radius 1 is 1.43 bits per heavy atom. The third-order valence-electron chi connectivity index (χ3n) is 2.64. The van der Waals surface area contributed by atoms with Gasteiger partial charge in [0.15, 0.2) is 0 Å². The largest absolute Gasteiger partial charge is 0.380 e. The van der Waals surface area contributed by atoms with Crippen LogP contribution in [0.4, 0.5) is 4.39 Å². The first kappa shape index (κ1) is 18.2. The average molecular weight is 358 g/mol. The molecule has 0 N–H and O–H groups in total. The highest BCUT2D eigenvalue weighted by atomic mass is 35.7. The van der Waals surface area contributed by atoms with E-state index in [4.69, 9.17) is 27.0 Å². The van der Waals surface area contributed by atoms with E-state index in [9.17, 15) is 17.6 Å². The van der Waals surface area contributed by atoms with Crippen LogP contribution >= 0.6 is 22.3 Å². The number of benzene rings is 1. The number of amides is 1. The molecule has 0 radical (unpaired) electrons. The lowest BCUT2D eigenvalue weighted by Gasteiger charge is -2.18. The summed E-state index contributed by atoms with van der Waals surface area (Å²) in [6, 6.07) is 1.58. The van der Waals surface area contributed by atoms with Gasteiger partial charge in [0.05, 0.1) is 17.2 Å². The van der Waals surface area contributed by atoms with Gasteiger partial charge in [-0.2, -0.15) is 0 Å². The molecule has 1 rings (SSSR count). The maximum Gasteiger partial charge on any atom is 0.264 e. The van der Waals surface area contributed by atoms with E-state index in [1.165, 1.54) is 11.9 Å². The molecule has 0 saturated carbocycles. The molecule has 5 nitrogen and oxygen atoms in total. The quantitative estimate of drug-likeness (QED) is 0.579. The Bertz CT molecular complexity index is 636. The number of carbonyl (C=O) groups is 1. The van der Waals surface area contributed by atoms with Crippen molar-refractivity contribution in [2.75, 3.05) is 26.8 Å². The van der Waals surface area contributed by atoms with Crippen molar-refractivity contribution in [3.8, 4) is 0 Å². The first-order chi connectivity index (χ1) is 9.68. The number of rotatable bonds is 6. The van der Waals surface area contributed by atoms with Crippen LogP contribution in [0, 0.1) is 5.82 Å². The molecule has 0 aliphatic heterocycles. The van der Waals surface area contributed by atoms with Gasteiger partial charge >= 0.3 is 0 Å². The highest BCUT2D eigenvalue weighted by molar-refractivity contribution is 8.13. The third kappa shape index (κ3) is 4.81. The molecular weight excluding hydrogens is 344 g/mol. The molecule has 0 aromatic heterocycles. The number of ether oxygens (including phenoxy) is 1. The molecule has 0 bridgehead atoms. The Hall–Kier alpha value is -0.890. The number of nitrogens with zero attached hydrogens (tertiary/aromatic N) is 1.